The molecule has 0 aliphatic heterocycles. The van der Waals surface area contributed by atoms with Gasteiger partial charge in [-0.2, -0.15) is 0 Å². The van der Waals surface area contributed by atoms with E-state index in [1.807, 2.05) is 38.1 Å². The maximum Gasteiger partial charge on any atom is 0.248 e. The summed E-state index contributed by atoms with van der Waals surface area (Å²) < 4.78 is 0. The summed E-state index contributed by atoms with van der Waals surface area (Å²) in [5, 5.41) is 2.95. The number of anilines is 1. The van der Waals surface area contributed by atoms with Crippen LogP contribution in [0.15, 0.2) is 42.0 Å². The van der Waals surface area contributed by atoms with Gasteiger partial charge in [0.2, 0.25) is 5.91 Å². The summed E-state index contributed by atoms with van der Waals surface area (Å²) in [7, 11) is 0. The number of nitrogens with one attached hydrogen (secondary N) is 1. The van der Waals surface area contributed by atoms with Gasteiger partial charge in [0.05, 0.1) is 0 Å². The van der Waals surface area contributed by atoms with Gasteiger partial charge in [-0.1, -0.05) is 35.9 Å². The summed E-state index contributed by atoms with van der Waals surface area (Å²) in [6.45, 7) is 4.01. The van der Waals surface area contributed by atoms with E-state index in [2.05, 4.69) is 11.4 Å². The van der Waals surface area contributed by atoms with E-state index in [0.29, 0.717) is 0 Å². The van der Waals surface area contributed by atoms with Gasteiger partial charge in [-0.15, -0.1) is 0 Å². The molecule has 0 saturated carbocycles. The molecule has 1 aliphatic rings. The zero-order valence-electron chi connectivity index (χ0n) is 11.0. The van der Waals surface area contributed by atoms with Crippen LogP contribution in [-0.2, 0) is 4.79 Å². The number of amides is 1. The Labute approximate surface area is 108 Å². The van der Waals surface area contributed by atoms with Gasteiger partial charge < -0.3 is 5.32 Å². The van der Waals surface area contributed by atoms with E-state index >= 15 is 0 Å². The molecule has 0 aromatic heterocycles. The SMILES string of the molecule is Cc1cccc(C)c1NC(=O)/C=C/C1=CCCC1. The molecule has 2 rings (SSSR count). The van der Waals surface area contributed by atoms with Crippen molar-refractivity contribution in [2.75, 3.05) is 5.32 Å². The molecule has 1 aliphatic carbocycles. The van der Waals surface area contributed by atoms with Crippen LogP contribution in [0.2, 0.25) is 0 Å². The van der Waals surface area contributed by atoms with Crippen LogP contribution in [0.4, 0.5) is 5.69 Å². The zero-order valence-corrected chi connectivity index (χ0v) is 11.0. The summed E-state index contributed by atoms with van der Waals surface area (Å²) in [4.78, 5) is 11.8. The Hall–Kier alpha value is -1.83. The second-order valence-corrected chi connectivity index (χ2v) is 4.76. The molecular formula is C16H19NO. The van der Waals surface area contributed by atoms with Crippen LogP contribution in [-0.4, -0.2) is 5.91 Å². The van der Waals surface area contributed by atoms with Crippen LogP contribution in [0.3, 0.4) is 0 Å². The van der Waals surface area contributed by atoms with Crippen molar-refractivity contribution in [1.82, 2.24) is 0 Å². The molecule has 2 nitrogen and oxygen atoms in total. The van der Waals surface area contributed by atoms with Crippen molar-refractivity contribution in [1.29, 1.82) is 0 Å². The fraction of sp³-hybridized carbons (Fsp3) is 0.312. The van der Waals surface area contributed by atoms with Crippen molar-refractivity contribution in [3.63, 3.8) is 0 Å². The van der Waals surface area contributed by atoms with Crippen molar-refractivity contribution in [2.24, 2.45) is 0 Å². The molecule has 94 valence electrons. The standard InChI is InChI=1S/C16H19NO/c1-12-6-5-7-13(2)16(12)17-15(18)11-10-14-8-3-4-9-14/h5-8,10-11H,3-4,9H2,1-2H3,(H,17,18)/b11-10+. The number of benzene rings is 1. The highest BCUT2D eigenvalue weighted by Crippen LogP contribution is 2.20. The van der Waals surface area contributed by atoms with Crippen molar-refractivity contribution in [2.45, 2.75) is 33.1 Å². The predicted octanol–water partition coefficient (Wildman–Crippen LogP) is 3.91. The molecule has 0 radical (unpaired) electrons. The molecule has 1 aromatic carbocycles. The average Bonchev–Trinajstić information content (AvgIpc) is 2.84. The first-order valence-electron chi connectivity index (χ1n) is 6.41. The van der Waals surface area contributed by atoms with Gasteiger partial charge in [-0.05, 0) is 44.2 Å². The number of carbonyl (C=O) groups excluding carboxylic acids is 1. The molecule has 0 unspecified atom stereocenters. The second kappa shape index (κ2) is 5.67. The lowest BCUT2D eigenvalue weighted by atomic mass is 10.1. The van der Waals surface area contributed by atoms with Crippen LogP contribution >= 0.6 is 0 Å². The first-order chi connectivity index (χ1) is 8.66. The Bertz CT molecular complexity index is 492. The number of hydrogen-bond donors (Lipinski definition) is 1. The third kappa shape index (κ3) is 3.10. The van der Waals surface area contributed by atoms with Crippen molar-refractivity contribution in [3.8, 4) is 0 Å². The normalized spacial score (nSPS) is 14.9. The first-order valence-corrected chi connectivity index (χ1v) is 6.41. The third-order valence-electron chi connectivity index (χ3n) is 3.25. The quantitative estimate of drug-likeness (QED) is 0.799. The summed E-state index contributed by atoms with van der Waals surface area (Å²) in [6, 6.07) is 6.01. The lowest BCUT2D eigenvalue weighted by molar-refractivity contribution is -0.111. The minimum absolute atomic E-state index is 0.0554. The zero-order chi connectivity index (χ0) is 13.0. The van der Waals surface area contributed by atoms with Crippen molar-refractivity contribution >= 4 is 11.6 Å². The molecule has 1 N–H and O–H groups in total. The van der Waals surface area contributed by atoms with Gasteiger partial charge in [0.25, 0.3) is 0 Å². The lowest BCUT2D eigenvalue weighted by Gasteiger charge is -2.09. The maximum absolute atomic E-state index is 11.8. The average molecular weight is 241 g/mol. The van der Waals surface area contributed by atoms with E-state index in [9.17, 15) is 4.79 Å². The first kappa shape index (κ1) is 12.6. The van der Waals surface area contributed by atoms with Crippen LogP contribution < -0.4 is 5.32 Å². The summed E-state index contributed by atoms with van der Waals surface area (Å²) in [5.74, 6) is -0.0554. The van der Waals surface area contributed by atoms with Crippen LogP contribution in [0, 0.1) is 13.8 Å². The Morgan fingerprint density at radius 3 is 2.61 bits per heavy atom. The fourth-order valence-electron chi connectivity index (χ4n) is 2.21. The van der Waals surface area contributed by atoms with Crippen molar-refractivity contribution in [3.05, 3.63) is 53.1 Å². The lowest BCUT2D eigenvalue weighted by Crippen LogP contribution is -2.10. The van der Waals surface area contributed by atoms with Gasteiger partial charge in [-0.25, -0.2) is 0 Å². The van der Waals surface area contributed by atoms with E-state index in [-0.39, 0.29) is 5.91 Å². The predicted molar refractivity (Wildman–Crippen MR) is 75.6 cm³/mol. The summed E-state index contributed by atoms with van der Waals surface area (Å²) >= 11 is 0. The number of allylic oxidation sites excluding steroid dienone is 3. The Morgan fingerprint density at radius 1 is 1.28 bits per heavy atom. The van der Waals surface area contributed by atoms with E-state index in [4.69, 9.17) is 0 Å². The molecule has 0 bridgehead atoms. The monoisotopic (exact) mass is 241 g/mol. The molecule has 0 spiro atoms. The molecular weight excluding hydrogens is 222 g/mol. The number of aryl methyl sites for hydroxylation is 2. The molecule has 18 heavy (non-hydrogen) atoms. The number of para-hydroxylation sites is 1. The van der Waals surface area contributed by atoms with E-state index in [1.165, 1.54) is 12.0 Å². The van der Waals surface area contributed by atoms with Gasteiger partial charge in [0.15, 0.2) is 0 Å². The van der Waals surface area contributed by atoms with Gasteiger partial charge in [0, 0.05) is 11.8 Å². The topological polar surface area (TPSA) is 29.1 Å². The highest BCUT2D eigenvalue weighted by Gasteiger charge is 2.05. The number of carbonyl (C=O) groups is 1. The minimum Gasteiger partial charge on any atom is -0.322 e. The third-order valence-corrected chi connectivity index (χ3v) is 3.25. The van der Waals surface area contributed by atoms with Crippen LogP contribution in [0.1, 0.15) is 30.4 Å². The molecule has 0 fully saturated rings. The second-order valence-electron chi connectivity index (χ2n) is 4.76. The molecule has 1 aromatic rings. The van der Waals surface area contributed by atoms with E-state index in [1.54, 1.807) is 6.08 Å². The molecule has 0 saturated heterocycles. The Balaban J connectivity index is 2.03. The summed E-state index contributed by atoms with van der Waals surface area (Å²) in [5.41, 5.74) is 4.38. The van der Waals surface area contributed by atoms with Gasteiger partial charge in [0.1, 0.15) is 0 Å². The van der Waals surface area contributed by atoms with Crippen LogP contribution in [0.25, 0.3) is 0 Å². The molecule has 0 heterocycles. The maximum atomic E-state index is 11.8. The van der Waals surface area contributed by atoms with E-state index in [0.717, 1.165) is 29.7 Å². The molecule has 0 atom stereocenters. The number of hydrogen-bond acceptors (Lipinski definition) is 1. The number of rotatable bonds is 3. The Kier molecular flexibility index (Phi) is 3.98. The summed E-state index contributed by atoms with van der Waals surface area (Å²) in [6.07, 6.45) is 9.19. The van der Waals surface area contributed by atoms with Gasteiger partial charge in [-0.3, -0.25) is 4.79 Å². The van der Waals surface area contributed by atoms with Crippen molar-refractivity contribution < 1.29 is 4.79 Å². The highest BCUT2D eigenvalue weighted by molar-refractivity contribution is 6.00. The molecule has 1 amide bonds. The van der Waals surface area contributed by atoms with E-state index < -0.39 is 0 Å². The minimum atomic E-state index is -0.0554. The van der Waals surface area contributed by atoms with Gasteiger partial charge >= 0.3 is 0 Å². The highest BCUT2D eigenvalue weighted by atomic mass is 16.1. The molecule has 2 heteroatoms. The largest absolute Gasteiger partial charge is 0.322 e. The Morgan fingerprint density at radius 2 is 2.00 bits per heavy atom. The smallest absolute Gasteiger partial charge is 0.248 e. The van der Waals surface area contributed by atoms with Crippen LogP contribution in [0.5, 0.6) is 0 Å². The fourth-order valence-corrected chi connectivity index (χ4v) is 2.21.